The first-order valence-corrected chi connectivity index (χ1v) is 2.27. The minimum atomic E-state index is -0.144. The van der Waals surface area contributed by atoms with Gasteiger partial charge in [0, 0.05) is 6.08 Å². The second-order valence-corrected chi connectivity index (χ2v) is 1.41. The molecule has 2 heteroatoms. The van der Waals surface area contributed by atoms with Crippen LogP contribution in [-0.2, 0) is 0 Å². The van der Waals surface area contributed by atoms with Crippen LogP contribution in [0.5, 0.6) is 0 Å². The van der Waals surface area contributed by atoms with E-state index in [0.29, 0.717) is 0 Å². The summed E-state index contributed by atoms with van der Waals surface area (Å²) in [5, 5.41) is 16.1. The molecule has 0 aliphatic heterocycles. The van der Waals surface area contributed by atoms with Gasteiger partial charge in [0.25, 0.3) is 0 Å². The highest BCUT2D eigenvalue weighted by molar-refractivity contribution is 5.07. The molecule has 0 aliphatic carbocycles. The Morgan fingerprint density at radius 1 is 1.50 bits per heavy atom. The predicted octanol–water partition coefficient (Wildman–Crippen LogP) is 1.23. The third-order valence-corrected chi connectivity index (χ3v) is 0.663. The first kappa shape index (κ1) is 6.72. The maximum atomic E-state index is 8.15. The molecule has 0 aromatic rings. The molecule has 0 radical (unpaired) electrons. The standard InChI is InChI=1S/C6H6N2/c1-6(5-8)3-2-4-7/h2-3,6H,1H3. The minimum absolute atomic E-state index is 0.144. The van der Waals surface area contributed by atoms with E-state index in [9.17, 15) is 0 Å². The Morgan fingerprint density at radius 2 is 2.12 bits per heavy atom. The number of hydrogen-bond donors (Lipinski definition) is 0. The average Bonchev–Trinajstić information content (AvgIpc) is 1.83. The Kier molecular flexibility index (Phi) is 3.27. The van der Waals surface area contributed by atoms with Crippen LogP contribution in [0.4, 0.5) is 0 Å². The van der Waals surface area contributed by atoms with Gasteiger partial charge < -0.3 is 0 Å². The fourth-order valence-electron chi connectivity index (χ4n) is 0.230. The van der Waals surface area contributed by atoms with Gasteiger partial charge in [0.2, 0.25) is 0 Å². The van der Waals surface area contributed by atoms with Crippen molar-refractivity contribution >= 4 is 0 Å². The highest BCUT2D eigenvalue weighted by Crippen LogP contribution is 1.91. The van der Waals surface area contributed by atoms with Crippen molar-refractivity contribution in [3.8, 4) is 12.1 Å². The molecule has 0 amide bonds. The molecule has 0 rings (SSSR count). The van der Waals surface area contributed by atoms with E-state index in [1.165, 1.54) is 6.08 Å². The highest BCUT2D eigenvalue weighted by atomic mass is 14.2. The molecule has 2 nitrogen and oxygen atoms in total. The molecule has 0 aromatic carbocycles. The minimum Gasteiger partial charge on any atom is -0.198 e. The second-order valence-electron chi connectivity index (χ2n) is 1.41. The lowest BCUT2D eigenvalue weighted by Gasteiger charge is -1.82. The fourth-order valence-corrected chi connectivity index (χ4v) is 0.230. The van der Waals surface area contributed by atoms with E-state index >= 15 is 0 Å². The summed E-state index contributed by atoms with van der Waals surface area (Å²) in [6, 6.07) is 3.76. The third kappa shape index (κ3) is 2.93. The molecule has 1 unspecified atom stereocenters. The summed E-state index contributed by atoms with van der Waals surface area (Å²) in [6.45, 7) is 1.73. The summed E-state index contributed by atoms with van der Waals surface area (Å²) in [6.07, 6.45) is 2.87. The van der Waals surface area contributed by atoms with Crippen molar-refractivity contribution in [3.05, 3.63) is 12.2 Å². The summed E-state index contributed by atoms with van der Waals surface area (Å²) >= 11 is 0. The molecule has 0 saturated carbocycles. The van der Waals surface area contributed by atoms with Crippen molar-refractivity contribution in [2.24, 2.45) is 5.92 Å². The second kappa shape index (κ2) is 3.89. The normalized spacial score (nSPS) is 12.4. The lowest BCUT2D eigenvalue weighted by molar-refractivity contribution is 0.957. The smallest absolute Gasteiger partial charge is 0.0909 e. The van der Waals surface area contributed by atoms with Crippen LogP contribution in [0.2, 0.25) is 0 Å². The molecule has 0 saturated heterocycles. The molecule has 0 heterocycles. The zero-order valence-electron chi connectivity index (χ0n) is 4.63. The van der Waals surface area contributed by atoms with Gasteiger partial charge in [-0.25, -0.2) is 0 Å². The third-order valence-electron chi connectivity index (χ3n) is 0.663. The van der Waals surface area contributed by atoms with Crippen LogP contribution in [0.3, 0.4) is 0 Å². The monoisotopic (exact) mass is 106 g/mol. The lowest BCUT2D eigenvalue weighted by Crippen LogP contribution is -1.78. The van der Waals surface area contributed by atoms with Gasteiger partial charge in [-0.1, -0.05) is 6.08 Å². The van der Waals surface area contributed by atoms with Crippen LogP contribution >= 0.6 is 0 Å². The van der Waals surface area contributed by atoms with Crippen molar-refractivity contribution in [3.63, 3.8) is 0 Å². The molecule has 0 bridgehead atoms. The van der Waals surface area contributed by atoms with Crippen LogP contribution in [-0.4, -0.2) is 0 Å². The zero-order valence-corrected chi connectivity index (χ0v) is 4.63. The molecule has 40 valence electrons. The number of rotatable bonds is 1. The molecule has 0 spiro atoms. The average molecular weight is 106 g/mol. The molecule has 1 atom stereocenters. The Bertz CT molecular complexity index is 156. The number of allylic oxidation sites excluding steroid dienone is 2. The Labute approximate surface area is 48.7 Å². The van der Waals surface area contributed by atoms with Gasteiger partial charge in [0.15, 0.2) is 0 Å². The first-order valence-electron chi connectivity index (χ1n) is 2.27. The van der Waals surface area contributed by atoms with Gasteiger partial charge in [-0.05, 0) is 6.92 Å². The summed E-state index contributed by atoms with van der Waals surface area (Å²) in [4.78, 5) is 0. The maximum absolute atomic E-state index is 8.15. The quantitative estimate of drug-likeness (QED) is 0.472. The Balaban J connectivity index is 3.61. The van der Waals surface area contributed by atoms with E-state index in [4.69, 9.17) is 10.5 Å². The van der Waals surface area contributed by atoms with E-state index in [0.717, 1.165) is 0 Å². The van der Waals surface area contributed by atoms with Crippen LogP contribution in [0.25, 0.3) is 0 Å². The highest BCUT2D eigenvalue weighted by Gasteiger charge is 1.86. The summed E-state index contributed by atoms with van der Waals surface area (Å²) in [5.41, 5.74) is 0. The molecule has 0 N–H and O–H groups in total. The van der Waals surface area contributed by atoms with Crippen LogP contribution in [0.15, 0.2) is 12.2 Å². The van der Waals surface area contributed by atoms with Crippen LogP contribution in [0, 0.1) is 28.6 Å². The zero-order chi connectivity index (χ0) is 6.41. The van der Waals surface area contributed by atoms with E-state index in [1.807, 2.05) is 6.07 Å². The first-order chi connectivity index (χ1) is 3.81. The molecule has 0 aliphatic rings. The van der Waals surface area contributed by atoms with Crippen molar-refractivity contribution < 1.29 is 0 Å². The van der Waals surface area contributed by atoms with Crippen molar-refractivity contribution in [1.82, 2.24) is 0 Å². The molecular formula is C6H6N2. The van der Waals surface area contributed by atoms with Crippen LogP contribution in [0.1, 0.15) is 6.92 Å². The summed E-state index contributed by atoms with van der Waals surface area (Å²) in [7, 11) is 0. The van der Waals surface area contributed by atoms with Gasteiger partial charge in [0.1, 0.15) is 0 Å². The molecule has 0 aromatic heterocycles. The maximum Gasteiger partial charge on any atom is 0.0909 e. The molecule has 0 fully saturated rings. The SMILES string of the molecule is CC(C#N)C=CC#N. The van der Waals surface area contributed by atoms with E-state index < -0.39 is 0 Å². The number of nitrogens with zero attached hydrogens (tertiary/aromatic N) is 2. The molecule has 8 heavy (non-hydrogen) atoms. The van der Waals surface area contributed by atoms with Crippen molar-refractivity contribution in [1.29, 1.82) is 10.5 Å². The number of nitriles is 2. The van der Waals surface area contributed by atoms with E-state index in [1.54, 1.807) is 19.1 Å². The van der Waals surface area contributed by atoms with Crippen molar-refractivity contribution in [2.45, 2.75) is 6.92 Å². The predicted molar refractivity (Wildman–Crippen MR) is 29.5 cm³/mol. The van der Waals surface area contributed by atoms with E-state index in [-0.39, 0.29) is 5.92 Å². The fraction of sp³-hybridized carbons (Fsp3) is 0.333. The van der Waals surface area contributed by atoms with Gasteiger partial charge in [-0.2, -0.15) is 10.5 Å². The van der Waals surface area contributed by atoms with E-state index in [2.05, 4.69) is 0 Å². The summed E-state index contributed by atoms with van der Waals surface area (Å²) < 4.78 is 0. The van der Waals surface area contributed by atoms with Gasteiger partial charge >= 0.3 is 0 Å². The van der Waals surface area contributed by atoms with Gasteiger partial charge in [0.05, 0.1) is 18.1 Å². The Morgan fingerprint density at radius 3 is 2.50 bits per heavy atom. The Hall–Kier alpha value is -1.28. The summed E-state index contributed by atoms with van der Waals surface area (Å²) in [5.74, 6) is -0.144. The van der Waals surface area contributed by atoms with Gasteiger partial charge in [-0.15, -0.1) is 0 Å². The van der Waals surface area contributed by atoms with Crippen molar-refractivity contribution in [2.75, 3.05) is 0 Å². The van der Waals surface area contributed by atoms with Gasteiger partial charge in [-0.3, -0.25) is 0 Å². The van der Waals surface area contributed by atoms with Crippen LogP contribution < -0.4 is 0 Å². The lowest BCUT2D eigenvalue weighted by atomic mass is 10.2. The topological polar surface area (TPSA) is 47.6 Å². The molecular weight excluding hydrogens is 100 g/mol. The number of hydrogen-bond acceptors (Lipinski definition) is 2. The largest absolute Gasteiger partial charge is 0.198 e.